The van der Waals surface area contributed by atoms with Crippen molar-refractivity contribution in [3.8, 4) is 5.75 Å². The Morgan fingerprint density at radius 2 is 2.03 bits per heavy atom. The third-order valence-corrected chi connectivity index (χ3v) is 6.78. The standard InChI is InChI=1S/C21H19F3N4O4S.H2S/c1-21(16-5-3-4-8-25-16)11-32-18-15(33(30,31)27-21)10-28(2)17(18)20(29)26-12-6-7-14(22)13(9-12)19(23)24;/h3-10,19,27H,11H2,1-2H3,(H,26,29);1H2/t21-;/m1./s1. The van der Waals surface area contributed by atoms with Gasteiger partial charge < -0.3 is 14.6 Å². The summed E-state index contributed by atoms with van der Waals surface area (Å²) in [6.45, 7) is 1.43. The summed E-state index contributed by atoms with van der Waals surface area (Å²) in [4.78, 5) is 16.9. The molecule has 0 bridgehead atoms. The summed E-state index contributed by atoms with van der Waals surface area (Å²) in [5.41, 5.74) is -1.91. The van der Waals surface area contributed by atoms with Crippen molar-refractivity contribution in [2.24, 2.45) is 7.05 Å². The summed E-state index contributed by atoms with van der Waals surface area (Å²) < 4.78 is 75.4. The maximum atomic E-state index is 13.6. The number of aromatic nitrogens is 2. The van der Waals surface area contributed by atoms with E-state index in [2.05, 4.69) is 15.0 Å². The quantitative estimate of drug-likeness (QED) is 0.555. The second-order valence-electron chi connectivity index (χ2n) is 7.71. The molecule has 0 unspecified atom stereocenters. The lowest BCUT2D eigenvalue weighted by atomic mass is 10.00. The van der Waals surface area contributed by atoms with Crippen LogP contribution in [0.1, 0.15) is 35.1 Å². The molecule has 3 aromatic rings. The van der Waals surface area contributed by atoms with Gasteiger partial charge in [-0.1, -0.05) is 6.07 Å². The molecule has 0 saturated carbocycles. The van der Waals surface area contributed by atoms with Gasteiger partial charge in [-0.2, -0.15) is 18.2 Å². The predicted octanol–water partition coefficient (Wildman–Crippen LogP) is 3.45. The molecule has 34 heavy (non-hydrogen) atoms. The van der Waals surface area contributed by atoms with E-state index in [-0.39, 0.29) is 42.1 Å². The molecule has 13 heteroatoms. The van der Waals surface area contributed by atoms with Gasteiger partial charge >= 0.3 is 0 Å². The van der Waals surface area contributed by atoms with E-state index in [1.54, 1.807) is 25.1 Å². The Morgan fingerprint density at radius 1 is 1.29 bits per heavy atom. The van der Waals surface area contributed by atoms with Crippen molar-refractivity contribution in [3.63, 3.8) is 0 Å². The molecule has 1 atom stereocenters. The summed E-state index contributed by atoms with van der Waals surface area (Å²) in [6.07, 6.45) is -0.342. The lowest BCUT2D eigenvalue weighted by Gasteiger charge is -2.27. The van der Waals surface area contributed by atoms with E-state index in [0.717, 1.165) is 18.2 Å². The number of carbonyl (C=O) groups is 1. The van der Waals surface area contributed by atoms with Gasteiger partial charge in [-0.05, 0) is 37.3 Å². The number of rotatable bonds is 4. The molecule has 0 radical (unpaired) electrons. The third kappa shape index (κ3) is 4.63. The van der Waals surface area contributed by atoms with Gasteiger partial charge in [0.05, 0.1) is 11.3 Å². The first-order valence-corrected chi connectivity index (χ1v) is 11.2. The van der Waals surface area contributed by atoms with Crippen LogP contribution in [0.4, 0.5) is 18.9 Å². The molecule has 0 saturated heterocycles. The van der Waals surface area contributed by atoms with Gasteiger partial charge in [0.1, 0.15) is 22.9 Å². The normalized spacial score (nSPS) is 18.9. The number of benzene rings is 1. The highest BCUT2D eigenvalue weighted by Gasteiger charge is 2.41. The first kappa shape index (κ1) is 25.6. The highest BCUT2D eigenvalue weighted by Crippen LogP contribution is 2.37. The topological polar surface area (TPSA) is 102 Å². The number of hydrogen-bond donors (Lipinski definition) is 2. The van der Waals surface area contributed by atoms with Crippen molar-refractivity contribution in [1.82, 2.24) is 14.3 Å². The van der Waals surface area contributed by atoms with Crippen LogP contribution in [0.15, 0.2) is 53.7 Å². The largest absolute Gasteiger partial charge is 0.487 e. The minimum atomic E-state index is -4.13. The Hall–Kier alpha value is -3.03. The van der Waals surface area contributed by atoms with Crippen molar-refractivity contribution in [3.05, 3.63) is 71.6 Å². The van der Waals surface area contributed by atoms with Crippen molar-refractivity contribution in [1.29, 1.82) is 0 Å². The lowest BCUT2D eigenvalue weighted by Crippen LogP contribution is -2.46. The smallest absolute Gasteiger partial charge is 0.276 e. The molecule has 1 aliphatic heterocycles. The number of aryl methyl sites for hydroxylation is 1. The molecule has 1 aliphatic rings. The summed E-state index contributed by atoms with van der Waals surface area (Å²) in [6, 6.07) is 7.78. The molecule has 2 aromatic heterocycles. The number of halogens is 3. The number of fused-ring (bicyclic) bond motifs is 1. The summed E-state index contributed by atoms with van der Waals surface area (Å²) in [5, 5.41) is 2.39. The number of carbonyl (C=O) groups excluding carboxylic acids is 1. The first-order valence-electron chi connectivity index (χ1n) is 9.68. The van der Waals surface area contributed by atoms with Gasteiger partial charge in [-0.3, -0.25) is 9.78 Å². The number of ether oxygens (including phenoxy) is 1. The molecule has 0 spiro atoms. The molecule has 1 aromatic carbocycles. The average molecular weight is 515 g/mol. The van der Waals surface area contributed by atoms with Crippen molar-refractivity contribution in [2.45, 2.75) is 23.8 Å². The third-order valence-electron chi connectivity index (χ3n) is 5.19. The molecule has 8 nitrogen and oxygen atoms in total. The van der Waals surface area contributed by atoms with Crippen LogP contribution >= 0.6 is 13.5 Å². The van der Waals surface area contributed by atoms with Gasteiger partial charge in [-0.25, -0.2) is 21.6 Å². The number of amides is 1. The lowest BCUT2D eigenvalue weighted by molar-refractivity contribution is 0.101. The van der Waals surface area contributed by atoms with Crippen LogP contribution in [0.2, 0.25) is 0 Å². The summed E-state index contributed by atoms with van der Waals surface area (Å²) in [7, 11) is -2.69. The minimum Gasteiger partial charge on any atom is -0.487 e. The van der Waals surface area contributed by atoms with Crippen LogP contribution in [0.3, 0.4) is 0 Å². The molecule has 0 fully saturated rings. The van der Waals surface area contributed by atoms with E-state index in [0.29, 0.717) is 5.69 Å². The van der Waals surface area contributed by atoms with E-state index in [4.69, 9.17) is 4.74 Å². The SMILES string of the molecule is Cn1cc2c(c1C(=O)Nc1ccc(F)c(C(F)F)c1)OC[C@](C)(c1ccccn1)NS2(=O)=O.S. The average Bonchev–Trinajstić information content (AvgIpc) is 3.06. The molecule has 2 N–H and O–H groups in total. The number of pyridine rings is 1. The van der Waals surface area contributed by atoms with Crippen LogP contribution in [0.5, 0.6) is 5.75 Å². The molecule has 3 heterocycles. The van der Waals surface area contributed by atoms with E-state index in [1.165, 1.54) is 24.0 Å². The minimum absolute atomic E-state index is 0. The van der Waals surface area contributed by atoms with Crippen molar-refractivity contribution >= 4 is 35.1 Å². The number of anilines is 1. The second kappa shape index (κ2) is 9.31. The number of hydrogen-bond acceptors (Lipinski definition) is 5. The Morgan fingerprint density at radius 3 is 2.68 bits per heavy atom. The fourth-order valence-corrected chi connectivity index (χ4v) is 5.13. The number of sulfonamides is 1. The van der Waals surface area contributed by atoms with Crippen molar-refractivity contribution < 1.29 is 31.1 Å². The Kier molecular flexibility index (Phi) is 7.01. The molecular weight excluding hydrogens is 493 g/mol. The molecular formula is C21H21F3N4O4S2. The molecule has 4 rings (SSSR count). The highest BCUT2D eigenvalue weighted by atomic mass is 32.2. The first-order chi connectivity index (χ1) is 15.5. The summed E-state index contributed by atoms with van der Waals surface area (Å²) in [5.74, 6) is -2.12. The number of nitrogens with zero attached hydrogens (tertiary/aromatic N) is 2. The molecule has 1 amide bonds. The number of alkyl halides is 2. The van der Waals surface area contributed by atoms with Crippen LogP contribution in [0, 0.1) is 5.82 Å². The fraction of sp³-hybridized carbons (Fsp3) is 0.238. The molecule has 0 aliphatic carbocycles. The predicted molar refractivity (Wildman–Crippen MR) is 123 cm³/mol. The monoisotopic (exact) mass is 514 g/mol. The second-order valence-corrected chi connectivity index (χ2v) is 9.37. The maximum absolute atomic E-state index is 13.6. The fourth-order valence-electron chi connectivity index (χ4n) is 3.56. The Bertz CT molecular complexity index is 1330. The van der Waals surface area contributed by atoms with Gasteiger partial charge in [0.25, 0.3) is 12.3 Å². The van der Waals surface area contributed by atoms with Crippen LogP contribution in [-0.4, -0.2) is 30.5 Å². The van der Waals surface area contributed by atoms with E-state index in [9.17, 15) is 26.4 Å². The van der Waals surface area contributed by atoms with E-state index in [1.807, 2.05) is 0 Å². The molecule has 182 valence electrons. The zero-order valence-electron chi connectivity index (χ0n) is 18.0. The Balaban J connectivity index is 0.00000324. The van der Waals surface area contributed by atoms with Crippen LogP contribution in [0.25, 0.3) is 0 Å². The highest BCUT2D eigenvalue weighted by molar-refractivity contribution is 7.89. The Labute approximate surface area is 200 Å². The van der Waals surface area contributed by atoms with E-state index >= 15 is 0 Å². The van der Waals surface area contributed by atoms with Gasteiger partial charge in [0.2, 0.25) is 10.0 Å². The van der Waals surface area contributed by atoms with E-state index < -0.39 is 39.3 Å². The number of nitrogens with one attached hydrogen (secondary N) is 2. The van der Waals surface area contributed by atoms with Crippen molar-refractivity contribution in [2.75, 3.05) is 11.9 Å². The van der Waals surface area contributed by atoms with Gasteiger partial charge in [0, 0.05) is 25.1 Å². The van der Waals surface area contributed by atoms with Gasteiger partial charge in [-0.15, -0.1) is 0 Å². The zero-order valence-corrected chi connectivity index (χ0v) is 19.8. The van der Waals surface area contributed by atoms with Gasteiger partial charge in [0.15, 0.2) is 11.4 Å². The van der Waals surface area contributed by atoms with Crippen LogP contribution < -0.4 is 14.8 Å². The zero-order chi connectivity index (χ0) is 24.0. The van der Waals surface area contributed by atoms with Crippen LogP contribution in [-0.2, 0) is 22.6 Å². The summed E-state index contributed by atoms with van der Waals surface area (Å²) >= 11 is 0. The maximum Gasteiger partial charge on any atom is 0.276 e.